The quantitative estimate of drug-likeness (QED) is 0.859. The van der Waals surface area contributed by atoms with Crippen LogP contribution in [-0.2, 0) is 12.6 Å². The summed E-state index contributed by atoms with van der Waals surface area (Å²) in [6.07, 6.45) is -3.84. The number of nitrogens with two attached hydrogens (primary N) is 1. The van der Waals surface area contributed by atoms with E-state index in [1.165, 1.54) is 12.1 Å². The van der Waals surface area contributed by atoms with E-state index in [9.17, 15) is 13.2 Å². The molecule has 0 saturated carbocycles. The van der Waals surface area contributed by atoms with Crippen LogP contribution in [0.25, 0.3) is 0 Å². The van der Waals surface area contributed by atoms with Gasteiger partial charge in [-0.3, -0.25) is 5.84 Å². The third-order valence-electron chi connectivity index (χ3n) is 3.93. The molecular formula is C17H17F3N2O. The van der Waals surface area contributed by atoms with E-state index in [4.69, 9.17) is 10.6 Å². The van der Waals surface area contributed by atoms with Crippen molar-refractivity contribution >= 4 is 0 Å². The standard InChI is InChI=1S/C17H17F3N2O/c18-17(19,20)13-5-7-14(8-6-13)23-16-11-22(21)10-9-12-3-1-2-4-15(12)16/h1-8,16H,9-11,21H2. The third-order valence-corrected chi connectivity index (χ3v) is 3.93. The fourth-order valence-corrected chi connectivity index (χ4v) is 2.73. The minimum absolute atomic E-state index is 0.310. The fraction of sp³-hybridized carbons (Fsp3) is 0.294. The summed E-state index contributed by atoms with van der Waals surface area (Å²) in [5.74, 6) is 6.34. The highest BCUT2D eigenvalue weighted by Gasteiger charge is 2.30. The topological polar surface area (TPSA) is 38.5 Å². The average Bonchev–Trinajstić information content (AvgIpc) is 2.67. The lowest BCUT2D eigenvalue weighted by Gasteiger charge is -2.22. The molecule has 1 heterocycles. The van der Waals surface area contributed by atoms with Crippen molar-refractivity contribution in [2.75, 3.05) is 13.1 Å². The summed E-state index contributed by atoms with van der Waals surface area (Å²) >= 11 is 0. The van der Waals surface area contributed by atoms with Gasteiger partial charge in [-0.1, -0.05) is 24.3 Å². The first kappa shape index (κ1) is 15.8. The number of halogens is 3. The highest BCUT2D eigenvalue weighted by molar-refractivity contribution is 5.34. The maximum absolute atomic E-state index is 12.6. The van der Waals surface area contributed by atoms with Crippen molar-refractivity contribution in [1.82, 2.24) is 5.01 Å². The maximum atomic E-state index is 12.6. The molecule has 122 valence electrons. The molecule has 0 spiro atoms. The van der Waals surface area contributed by atoms with Crippen LogP contribution in [-0.4, -0.2) is 18.1 Å². The predicted octanol–water partition coefficient (Wildman–Crippen LogP) is 3.56. The molecule has 3 rings (SSSR count). The smallest absolute Gasteiger partial charge is 0.416 e. The summed E-state index contributed by atoms with van der Waals surface area (Å²) in [5, 5.41) is 1.68. The second-order valence-corrected chi connectivity index (χ2v) is 5.57. The number of ether oxygens (including phenoxy) is 1. The van der Waals surface area contributed by atoms with Crippen molar-refractivity contribution in [1.29, 1.82) is 0 Å². The highest BCUT2D eigenvalue weighted by atomic mass is 19.4. The molecule has 23 heavy (non-hydrogen) atoms. The van der Waals surface area contributed by atoms with Crippen LogP contribution in [0, 0.1) is 0 Å². The zero-order valence-electron chi connectivity index (χ0n) is 12.4. The van der Waals surface area contributed by atoms with Gasteiger partial charge >= 0.3 is 6.18 Å². The Morgan fingerprint density at radius 2 is 1.74 bits per heavy atom. The number of hydrogen-bond acceptors (Lipinski definition) is 3. The van der Waals surface area contributed by atoms with Gasteiger partial charge in [-0.05, 0) is 41.8 Å². The molecule has 0 amide bonds. The Bertz CT molecular complexity index is 670. The van der Waals surface area contributed by atoms with E-state index in [0.717, 1.165) is 29.7 Å². The molecule has 0 radical (unpaired) electrons. The molecule has 0 aromatic heterocycles. The van der Waals surface area contributed by atoms with E-state index in [2.05, 4.69) is 0 Å². The van der Waals surface area contributed by atoms with E-state index in [-0.39, 0.29) is 6.10 Å². The van der Waals surface area contributed by atoms with Crippen molar-refractivity contribution in [3.8, 4) is 5.75 Å². The Morgan fingerprint density at radius 3 is 2.43 bits per heavy atom. The number of fused-ring (bicyclic) bond motifs is 1. The molecule has 1 aliphatic rings. The van der Waals surface area contributed by atoms with E-state index in [1.54, 1.807) is 5.01 Å². The largest absolute Gasteiger partial charge is 0.484 e. The molecular weight excluding hydrogens is 305 g/mol. The second-order valence-electron chi connectivity index (χ2n) is 5.57. The molecule has 1 unspecified atom stereocenters. The van der Waals surface area contributed by atoms with Gasteiger partial charge in [0.05, 0.1) is 12.1 Å². The SMILES string of the molecule is NN1CCc2ccccc2C(Oc2ccc(C(F)(F)F)cc2)C1. The molecule has 3 nitrogen and oxygen atoms in total. The minimum atomic E-state index is -4.35. The zero-order chi connectivity index (χ0) is 16.4. The van der Waals surface area contributed by atoms with Gasteiger partial charge in [-0.15, -0.1) is 0 Å². The van der Waals surface area contributed by atoms with Crippen molar-refractivity contribution in [3.63, 3.8) is 0 Å². The fourth-order valence-electron chi connectivity index (χ4n) is 2.73. The van der Waals surface area contributed by atoms with Crippen molar-refractivity contribution < 1.29 is 17.9 Å². The van der Waals surface area contributed by atoms with Gasteiger partial charge < -0.3 is 4.74 Å². The van der Waals surface area contributed by atoms with Gasteiger partial charge in [-0.2, -0.15) is 13.2 Å². The summed E-state index contributed by atoms with van der Waals surface area (Å²) in [4.78, 5) is 0. The molecule has 1 aliphatic heterocycles. The Labute approximate surface area is 132 Å². The molecule has 6 heteroatoms. The summed E-state index contributed by atoms with van der Waals surface area (Å²) in [7, 11) is 0. The first-order valence-electron chi connectivity index (χ1n) is 7.35. The summed E-state index contributed by atoms with van der Waals surface area (Å²) < 4.78 is 43.8. The van der Waals surface area contributed by atoms with Crippen LogP contribution in [0.15, 0.2) is 48.5 Å². The Kier molecular flexibility index (Phi) is 4.28. The van der Waals surface area contributed by atoms with Gasteiger partial charge in [0.25, 0.3) is 0 Å². The van der Waals surface area contributed by atoms with Gasteiger partial charge in [0.15, 0.2) is 0 Å². The van der Waals surface area contributed by atoms with Crippen molar-refractivity contribution in [2.45, 2.75) is 18.7 Å². The minimum Gasteiger partial charge on any atom is -0.484 e. The summed E-state index contributed by atoms with van der Waals surface area (Å²) in [6.45, 7) is 1.20. The average molecular weight is 322 g/mol. The summed E-state index contributed by atoms with van der Waals surface area (Å²) in [6, 6.07) is 12.6. The van der Waals surface area contributed by atoms with Crippen molar-refractivity contribution in [3.05, 3.63) is 65.2 Å². The Hall–Kier alpha value is -2.05. The third kappa shape index (κ3) is 3.65. The number of nitrogens with zero attached hydrogens (tertiary/aromatic N) is 1. The number of rotatable bonds is 2. The number of alkyl halides is 3. The van der Waals surface area contributed by atoms with E-state index >= 15 is 0 Å². The monoisotopic (exact) mass is 322 g/mol. The van der Waals surface area contributed by atoms with Gasteiger partial charge in [0, 0.05) is 6.54 Å². The van der Waals surface area contributed by atoms with Crippen molar-refractivity contribution in [2.24, 2.45) is 5.84 Å². The first-order chi connectivity index (χ1) is 10.9. The zero-order valence-corrected chi connectivity index (χ0v) is 12.4. The Morgan fingerprint density at radius 1 is 1.04 bits per heavy atom. The summed E-state index contributed by atoms with van der Waals surface area (Å²) in [5.41, 5.74) is 1.49. The lowest BCUT2D eigenvalue weighted by atomic mass is 10.0. The van der Waals surface area contributed by atoms with E-state index in [0.29, 0.717) is 18.8 Å². The normalized spacial score (nSPS) is 19.0. The van der Waals surface area contributed by atoms with Crippen LogP contribution in [0.2, 0.25) is 0 Å². The molecule has 1 atom stereocenters. The van der Waals surface area contributed by atoms with E-state index in [1.807, 2.05) is 24.3 Å². The van der Waals surface area contributed by atoms with Crippen LogP contribution >= 0.6 is 0 Å². The molecule has 0 aliphatic carbocycles. The van der Waals surface area contributed by atoms with E-state index < -0.39 is 11.7 Å². The van der Waals surface area contributed by atoms with Gasteiger partial charge in [0.2, 0.25) is 0 Å². The van der Waals surface area contributed by atoms with Crippen LogP contribution in [0.5, 0.6) is 5.75 Å². The van der Waals surface area contributed by atoms with Gasteiger partial charge in [-0.25, -0.2) is 5.01 Å². The van der Waals surface area contributed by atoms with Gasteiger partial charge in [0.1, 0.15) is 11.9 Å². The molecule has 0 saturated heterocycles. The van der Waals surface area contributed by atoms with Crippen LogP contribution in [0.4, 0.5) is 13.2 Å². The molecule has 2 aromatic carbocycles. The van der Waals surface area contributed by atoms with Crippen LogP contribution in [0.3, 0.4) is 0 Å². The maximum Gasteiger partial charge on any atom is 0.416 e. The molecule has 0 bridgehead atoms. The second kappa shape index (κ2) is 6.22. The van der Waals surface area contributed by atoms with Crippen LogP contribution in [0.1, 0.15) is 22.8 Å². The highest BCUT2D eigenvalue weighted by Crippen LogP contribution is 2.32. The lowest BCUT2D eigenvalue weighted by molar-refractivity contribution is -0.137. The molecule has 2 aromatic rings. The number of hydrogen-bond donors (Lipinski definition) is 1. The Balaban J connectivity index is 1.84. The van der Waals surface area contributed by atoms with Crippen LogP contribution < -0.4 is 10.6 Å². The lowest BCUT2D eigenvalue weighted by Crippen LogP contribution is -2.36. The number of hydrazine groups is 1. The number of benzene rings is 2. The molecule has 2 N–H and O–H groups in total. The first-order valence-corrected chi connectivity index (χ1v) is 7.35. The molecule has 0 fully saturated rings. The predicted molar refractivity (Wildman–Crippen MR) is 80.7 cm³/mol.